The first-order chi connectivity index (χ1) is 8.15. The van der Waals surface area contributed by atoms with E-state index in [1.807, 2.05) is 13.0 Å². The zero-order valence-corrected chi connectivity index (χ0v) is 10.5. The molecule has 92 valence electrons. The highest BCUT2D eigenvalue weighted by Gasteiger charge is 2.06. The maximum atomic E-state index is 13.4. The summed E-state index contributed by atoms with van der Waals surface area (Å²) in [4.78, 5) is 0. The van der Waals surface area contributed by atoms with E-state index >= 15 is 0 Å². The van der Waals surface area contributed by atoms with Crippen molar-refractivity contribution in [2.24, 2.45) is 0 Å². The van der Waals surface area contributed by atoms with Gasteiger partial charge in [-0.1, -0.05) is 12.1 Å². The molecule has 1 aromatic carbocycles. The summed E-state index contributed by atoms with van der Waals surface area (Å²) in [6.45, 7) is 4.64. The van der Waals surface area contributed by atoms with Gasteiger partial charge in [-0.3, -0.25) is 0 Å². The minimum Gasteiger partial charge on any atom is -0.310 e. The lowest BCUT2D eigenvalue weighted by molar-refractivity contribution is 0.542. The largest absolute Gasteiger partial charge is 0.310 e. The van der Waals surface area contributed by atoms with Crippen molar-refractivity contribution < 1.29 is 4.39 Å². The first-order valence-electron chi connectivity index (χ1n) is 6.01. The molecule has 0 aliphatic rings. The molecular formula is C14H19FN2. The molecule has 0 heterocycles. The van der Waals surface area contributed by atoms with Gasteiger partial charge in [0.05, 0.1) is 6.07 Å². The molecule has 1 N–H and O–H groups in total. The minimum atomic E-state index is -0.152. The van der Waals surface area contributed by atoms with Gasteiger partial charge in [0.2, 0.25) is 0 Å². The molecule has 0 aliphatic carbocycles. The van der Waals surface area contributed by atoms with Crippen molar-refractivity contribution >= 4 is 0 Å². The molecule has 0 radical (unpaired) electrons. The summed E-state index contributed by atoms with van der Waals surface area (Å²) >= 11 is 0. The van der Waals surface area contributed by atoms with Crippen molar-refractivity contribution in [3.63, 3.8) is 0 Å². The average molecular weight is 234 g/mol. The Bertz CT molecular complexity index is 396. The van der Waals surface area contributed by atoms with Crippen molar-refractivity contribution in [2.45, 2.75) is 39.2 Å². The molecule has 1 atom stereocenters. The van der Waals surface area contributed by atoms with Crippen molar-refractivity contribution in [3.8, 4) is 6.07 Å². The Labute approximate surface area is 102 Å². The van der Waals surface area contributed by atoms with Crippen LogP contribution >= 0.6 is 0 Å². The monoisotopic (exact) mass is 234 g/mol. The van der Waals surface area contributed by atoms with Gasteiger partial charge in [0.15, 0.2) is 0 Å². The number of halogens is 1. The van der Waals surface area contributed by atoms with Gasteiger partial charge in [0.1, 0.15) is 5.82 Å². The Kier molecular flexibility index (Phi) is 5.65. The number of benzene rings is 1. The highest BCUT2D eigenvalue weighted by molar-refractivity contribution is 5.25. The normalized spacial score (nSPS) is 12.1. The lowest BCUT2D eigenvalue weighted by Gasteiger charge is -2.14. The summed E-state index contributed by atoms with van der Waals surface area (Å²) in [5, 5.41) is 11.7. The second kappa shape index (κ2) is 7.03. The van der Waals surface area contributed by atoms with Crippen molar-refractivity contribution in [3.05, 3.63) is 35.1 Å². The summed E-state index contributed by atoms with van der Waals surface area (Å²) in [7, 11) is 0. The van der Waals surface area contributed by atoms with Crippen LogP contribution in [0.4, 0.5) is 4.39 Å². The van der Waals surface area contributed by atoms with E-state index in [4.69, 9.17) is 5.26 Å². The van der Waals surface area contributed by atoms with Gasteiger partial charge < -0.3 is 5.32 Å². The van der Waals surface area contributed by atoms with E-state index in [0.717, 1.165) is 24.9 Å². The number of hydrogen-bond acceptors (Lipinski definition) is 2. The summed E-state index contributed by atoms with van der Waals surface area (Å²) in [5.74, 6) is -0.152. The van der Waals surface area contributed by atoms with Crippen molar-refractivity contribution in [1.82, 2.24) is 5.32 Å². The van der Waals surface area contributed by atoms with Crippen LogP contribution < -0.4 is 5.32 Å². The molecule has 0 bridgehead atoms. The number of unbranched alkanes of at least 4 members (excludes halogenated alkanes) is 2. The summed E-state index contributed by atoms with van der Waals surface area (Å²) < 4.78 is 13.4. The van der Waals surface area contributed by atoms with Crippen LogP contribution in [0.3, 0.4) is 0 Å². The Morgan fingerprint density at radius 3 is 2.82 bits per heavy atom. The van der Waals surface area contributed by atoms with Gasteiger partial charge in [0.25, 0.3) is 0 Å². The predicted octanol–water partition coefficient (Wildman–Crippen LogP) is 3.48. The topological polar surface area (TPSA) is 35.8 Å². The number of nitrogens with one attached hydrogen (secondary N) is 1. The van der Waals surface area contributed by atoms with Crippen LogP contribution in [-0.4, -0.2) is 6.54 Å². The van der Waals surface area contributed by atoms with E-state index in [-0.39, 0.29) is 11.9 Å². The lowest BCUT2D eigenvalue weighted by atomic mass is 10.1. The van der Waals surface area contributed by atoms with Crippen LogP contribution in [0.2, 0.25) is 0 Å². The smallest absolute Gasteiger partial charge is 0.126 e. The van der Waals surface area contributed by atoms with Crippen LogP contribution in [0.5, 0.6) is 0 Å². The number of rotatable bonds is 6. The number of aryl methyl sites for hydroxylation is 1. The van der Waals surface area contributed by atoms with Crippen LogP contribution in [0.15, 0.2) is 18.2 Å². The van der Waals surface area contributed by atoms with Gasteiger partial charge in [-0.05, 0) is 50.4 Å². The van der Waals surface area contributed by atoms with Gasteiger partial charge in [-0.2, -0.15) is 5.26 Å². The maximum Gasteiger partial charge on any atom is 0.126 e. The molecule has 0 saturated carbocycles. The van der Waals surface area contributed by atoms with E-state index in [1.165, 1.54) is 0 Å². The lowest BCUT2D eigenvalue weighted by Crippen LogP contribution is -2.20. The van der Waals surface area contributed by atoms with E-state index < -0.39 is 0 Å². The average Bonchev–Trinajstić information content (AvgIpc) is 2.32. The molecule has 1 unspecified atom stereocenters. The molecule has 1 aromatic rings. The number of hydrogen-bond donors (Lipinski definition) is 1. The molecular weight excluding hydrogens is 215 g/mol. The number of nitrogens with zero attached hydrogens (tertiary/aromatic N) is 1. The van der Waals surface area contributed by atoms with E-state index in [9.17, 15) is 4.39 Å². The Morgan fingerprint density at radius 1 is 1.41 bits per heavy atom. The summed E-state index contributed by atoms with van der Waals surface area (Å²) in [6.07, 6.45) is 2.50. The van der Waals surface area contributed by atoms with Crippen LogP contribution in [0.25, 0.3) is 0 Å². The number of nitriles is 1. The van der Waals surface area contributed by atoms with Crippen LogP contribution in [-0.2, 0) is 0 Å². The van der Waals surface area contributed by atoms with E-state index in [2.05, 4.69) is 11.4 Å². The molecule has 0 amide bonds. The van der Waals surface area contributed by atoms with Crippen LogP contribution in [0, 0.1) is 24.1 Å². The van der Waals surface area contributed by atoms with Crippen LogP contribution in [0.1, 0.15) is 43.4 Å². The predicted molar refractivity (Wildman–Crippen MR) is 67.0 cm³/mol. The molecule has 0 saturated heterocycles. The third-order valence-corrected chi connectivity index (χ3v) is 2.86. The molecule has 0 fully saturated rings. The van der Waals surface area contributed by atoms with Crippen molar-refractivity contribution in [1.29, 1.82) is 5.26 Å². The highest BCUT2D eigenvalue weighted by Crippen LogP contribution is 2.16. The maximum absolute atomic E-state index is 13.4. The molecule has 3 heteroatoms. The van der Waals surface area contributed by atoms with Gasteiger partial charge in [-0.25, -0.2) is 4.39 Å². The van der Waals surface area contributed by atoms with Gasteiger partial charge in [-0.15, -0.1) is 0 Å². The quantitative estimate of drug-likeness (QED) is 0.765. The Morgan fingerprint density at radius 2 is 2.18 bits per heavy atom. The third-order valence-electron chi connectivity index (χ3n) is 2.86. The van der Waals surface area contributed by atoms with Gasteiger partial charge >= 0.3 is 0 Å². The zero-order valence-electron chi connectivity index (χ0n) is 10.5. The van der Waals surface area contributed by atoms with Gasteiger partial charge in [0, 0.05) is 12.5 Å². The second-order valence-electron chi connectivity index (χ2n) is 4.30. The second-order valence-corrected chi connectivity index (χ2v) is 4.30. The molecule has 17 heavy (non-hydrogen) atoms. The molecule has 0 spiro atoms. The fourth-order valence-corrected chi connectivity index (χ4v) is 1.64. The highest BCUT2D eigenvalue weighted by atomic mass is 19.1. The Balaban J connectivity index is 2.39. The fourth-order valence-electron chi connectivity index (χ4n) is 1.64. The zero-order chi connectivity index (χ0) is 12.7. The summed E-state index contributed by atoms with van der Waals surface area (Å²) in [6, 6.07) is 7.61. The SMILES string of the molecule is Cc1ccc(C(C)NCCCCC#N)cc1F. The molecule has 0 aliphatic heterocycles. The van der Waals surface area contributed by atoms with E-state index in [0.29, 0.717) is 12.0 Å². The Hall–Kier alpha value is -1.40. The first kappa shape index (κ1) is 13.7. The third kappa shape index (κ3) is 4.54. The summed E-state index contributed by atoms with van der Waals surface area (Å²) in [5.41, 5.74) is 1.64. The first-order valence-corrected chi connectivity index (χ1v) is 6.01. The minimum absolute atomic E-state index is 0.146. The van der Waals surface area contributed by atoms with Crippen molar-refractivity contribution in [2.75, 3.05) is 6.54 Å². The van der Waals surface area contributed by atoms with E-state index in [1.54, 1.807) is 19.1 Å². The standard InChI is InChI=1S/C14H19FN2/c1-11-6-7-13(10-14(11)15)12(2)17-9-5-3-4-8-16/h6-7,10,12,17H,3-5,9H2,1-2H3. The molecule has 0 aromatic heterocycles. The molecule has 2 nitrogen and oxygen atoms in total. The molecule has 1 rings (SSSR count). The fraction of sp³-hybridized carbons (Fsp3) is 0.500.